The number of aliphatic carboxylic acids is 1. The largest absolute Gasteiger partial charge is 0.504 e. The lowest BCUT2D eigenvalue weighted by Gasteiger charge is -2.18. The van der Waals surface area contributed by atoms with E-state index in [0.29, 0.717) is 24.9 Å². The van der Waals surface area contributed by atoms with Gasteiger partial charge in [0.1, 0.15) is 11.9 Å². The Morgan fingerprint density at radius 2 is 0.981 bits per heavy atom. The van der Waals surface area contributed by atoms with Crippen LogP contribution in [-0.4, -0.2) is 54.7 Å². The van der Waals surface area contributed by atoms with Crippen molar-refractivity contribution in [2.75, 3.05) is 5.73 Å². The summed E-state index contributed by atoms with van der Waals surface area (Å²) in [6, 6.07) is 22.2. The van der Waals surface area contributed by atoms with Crippen molar-refractivity contribution in [3.8, 4) is 23.0 Å². The van der Waals surface area contributed by atoms with E-state index in [9.17, 15) is 19.4 Å². The van der Waals surface area contributed by atoms with Crippen molar-refractivity contribution in [1.82, 2.24) is 0 Å². The minimum atomic E-state index is -0.989. The predicted molar refractivity (Wildman–Crippen MR) is 218 cm³/mol. The molecule has 0 saturated carbocycles. The highest BCUT2D eigenvalue weighted by Crippen LogP contribution is 2.27. The highest BCUT2D eigenvalue weighted by atomic mass is 32.1. The van der Waals surface area contributed by atoms with Crippen LogP contribution in [0.1, 0.15) is 56.9 Å². The van der Waals surface area contributed by atoms with E-state index in [0.717, 1.165) is 28.7 Å². The van der Waals surface area contributed by atoms with Gasteiger partial charge in [0.05, 0.1) is 0 Å². The first-order valence-corrected chi connectivity index (χ1v) is 16.0. The smallest absolute Gasteiger partial charge is 0.320 e. The molecule has 52 heavy (non-hydrogen) atoms. The normalized spacial score (nSPS) is 11.7. The zero-order valence-electron chi connectivity index (χ0n) is 30.5. The molecule has 0 aliphatic heterocycles. The third-order valence-corrected chi connectivity index (χ3v) is 6.62. The summed E-state index contributed by atoms with van der Waals surface area (Å²) in [5.41, 5.74) is 31.9. The summed E-state index contributed by atoms with van der Waals surface area (Å²) in [6.07, 6.45) is 2.47. The van der Waals surface area contributed by atoms with Gasteiger partial charge in [0, 0.05) is 22.8 Å². The molecule has 0 aromatic heterocycles. The highest BCUT2D eigenvalue weighted by molar-refractivity contribution is 7.59. The molecule has 0 aliphatic carbocycles. The van der Waals surface area contributed by atoms with Gasteiger partial charge in [-0.1, -0.05) is 36.4 Å². The van der Waals surface area contributed by atoms with Gasteiger partial charge in [0.25, 0.3) is 0 Å². The lowest BCUT2D eigenvalue weighted by atomic mass is 9.96. The van der Waals surface area contributed by atoms with E-state index in [-0.39, 0.29) is 72.9 Å². The zero-order valence-corrected chi connectivity index (χ0v) is 32.5. The van der Waals surface area contributed by atoms with E-state index in [1.807, 2.05) is 34.6 Å². The van der Waals surface area contributed by atoms with E-state index in [1.165, 1.54) is 36.4 Å². The summed E-state index contributed by atoms with van der Waals surface area (Å²) in [5, 5.41) is 45.1. The van der Waals surface area contributed by atoms with Crippen molar-refractivity contribution >= 4 is 38.6 Å². The van der Waals surface area contributed by atoms with Crippen LogP contribution in [0.2, 0.25) is 0 Å². The van der Waals surface area contributed by atoms with Crippen LogP contribution in [0.25, 0.3) is 0 Å². The zero-order chi connectivity index (χ0) is 38.2. The first kappa shape index (κ1) is 49.9. The first-order valence-electron chi connectivity index (χ1n) is 16.0. The molecular weight excluding hydrogens is 706 g/mol. The Morgan fingerprint density at radius 3 is 1.31 bits per heavy atom. The number of phenolic OH excluding ortho intramolecular Hbond substituents is 4. The second-order valence-corrected chi connectivity index (χ2v) is 13.7. The maximum atomic E-state index is 12.4. The van der Waals surface area contributed by atoms with Gasteiger partial charge in [-0.05, 0) is 131 Å². The average molecular weight is 764 g/mol. The van der Waals surface area contributed by atoms with Crippen LogP contribution >= 0.6 is 27.0 Å². The standard InChI is InChI=1S/2C10H15NO2.C9H12FN.C9H12N2O2.2H2S/c2*1-10(2,11)6-7-3-4-8(12)9(13)5-7;1-7(11)6-8-2-4-9(10)5-3-8;10-7-3-1-6(2-4-7)5-8(11)9(12)13;;/h2*3-5,12-13H,6,11H2,1-2H3;2-5,7H,6,11H2,1H3;1-4,8H,5,10-11H2,(H,12,13);2*1H2/t;;;8-;;/m...0../s1. The molecule has 1 unspecified atom stereocenters. The fourth-order valence-electron chi connectivity index (χ4n) is 4.40. The number of hydrogen-bond acceptors (Lipinski definition) is 10. The first-order chi connectivity index (χ1) is 23.0. The highest BCUT2D eigenvalue weighted by Gasteiger charge is 2.14. The van der Waals surface area contributed by atoms with E-state index in [2.05, 4.69) is 0 Å². The maximum absolute atomic E-state index is 12.4. The summed E-state index contributed by atoms with van der Waals surface area (Å²) in [6.45, 7) is 9.59. The molecule has 14 heteroatoms. The summed E-state index contributed by atoms with van der Waals surface area (Å²) in [7, 11) is 0. The Balaban J connectivity index is 0. The molecule has 15 N–H and O–H groups in total. The quantitative estimate of drug-likeness (QED) is 0.0810. The summed E-state index contributed by atoms with van der Waals surface area (Å²) < 4.78 is 12.4. The summed E-state index contributed by atoms with van der Waals surface area (Å²) >= 11 is 0. The van der Waals surface area contributed by atoms with E-state index < -0.39 is 12.0 Å². The van der Waals surface area contributed by atoms with Crippen LogP contribution < -0.4 is 28.7 Å². The van der Waals surface area contributed by atoms with Crippen LogP contribution in [0.3, 0.4) is 0 Å². The Hall–Kier alpha value is -4.18. The lowest BCUT2D eigenvalue weighted by Crippen LogP contribution is -2.34. The number of nitrogens with two attached hydrogens (primary N) is 5. The third-order valence-electron chi connectivity index (χ3n) is 6.62. The van der Waals surface area contributed by atoms with E-state index >= 15 is 0 Å². The summed E-state index contributed by atoms with van der Waals surface area (Å²) in [4.78, 5) is 10.4. The Kier molecular flexibility index (Phi) is 22.5. The molecule has 0 spiro atoms. The predicted octanol–water partition coefficient (Wildman–Crippen LogP) is 4.92. The lowest BCUT2D eigenvalue weighted by molar-refractivity contribution is -0.138. The number of aromatic hydroxyl groups is 4. The number of phenols is 4. The maximum Gasteiger partial charge on any atom is 0.320 e. The average Bonchev–Trinajstić information content (AvgIpc) is 2.98. The van der Waals surface area contributed by atoms with Crippen LogP contribution in [0.4, 0.5) is 10.1 Å². The fraction of sp³-hybridized carbons (Fsp3) is 0.342. The van der Waals surface area contributed by atoms with E-state index in [4.69, 9.17) is 44.0 Å². The number of carboxylic acids is 1. The molecule has 4 rings (SSSR count). The Bertz CT molecular complexity index is 1550. The van der Waals surface area contributed by atoms with Gasteiger partial charge in [-0.25, -0.2) is 4.39 Å². The van der Waals surface area contributed by atoms with Crippen molar-refractivity contribution in [3.05, 3.63) is 113 Å². The van der Waals surface area contributed by atoms with Crippen molar-refractivity contribution in [3.63, 3.8) is 0 Å². The van der Waals surface area contributed by atoms with Gasteiger partial charge < -0.3 is 54.2 Å². The molecule has 0 fully saturated rings. The van der Waals surface area contributed by atoms with Crippen molar-refractivity contribution < 1.29 is 34.7 Å². The molecule has 0 aliphatic rings. The Morgan fingerprint density at radius 1 is 0.635 bits per heavy atom. The van der Waals surface area contributed by atoms with Gasteiger partial charge in [-0.15, -0.1) is 0 Å². The second kappa shape index (κ2) is 23.4. The number of halogens is 1. The van der Waals surface area contributed by atoms with Crippen LogP contribution in [0.15, 0.2) is 84.9 Å². The van der Waals surface area contributed by atoms with Gasteiger partial charge in [0.15, 0.2) is 23.0 Å². The van der Waals surface area contributed by atoms with Gasteiger partial charge in [-0.2, -0.15) is 27.0 Å². The molecular formula is C38H58FN5O6S2. The topological polar surface area (TPSA) is 248 Å². The molecule has 0 heterocycles. The number of nitrogen functional groups attached to an aromatic ring is 1. The molecule has 0 bridgehead atoms. The monoisotopic (exact) mass is 763 g/mol. The van der Waals surface area contributed by atoms with Crippen molar-refractivity contribution in [2.24, 2.45) is 22.9 Å². The van der Waals surface area contributed by atoms with Crippen LogP contribution in [-0.2, 0) is 30.5 Å². The minimum absolute atomic E-state index is 0. The Labute approximate surface area is 320 Å². The SMILES string of the molecule is CC(C)(N)Cc1ccc(O)c(O)c1.CC(C)(N)Cc1ccc(O)c(O)c1.CC(N)Cc1ccc(F)cc1.Nc1ccc(C[C@H](N)C(=O)O)cc1.S.S. The van der Waals surface area contributed by atoms with Gasteiger partial charge in [-0.3, -0.25) is 4.79 Å². The number of benzene rings is 4. The molecule has 11 nitrogen and oxygen atoms in total. The van der Waals surface area contributed by atoms with Crippen LogP contribution in [0, 0.1) is 5.82 Å². The number of anilines is 1. The number of carbonyl (C=O) groups is 1. The van der Waals surface area contributed by atoms with Crippen LogP contribution in [0.5, 0.6) is 23.0 Å². The molecule has 0 radical (unpaired) electrons. The molecule has 4 aromatic carbocycles. The minimum Gasteiger partial charge on any atom is -0.504 e. The van der Waals surface area contributed by atoms with Gasteiger partial charge >= 0.3 is 5.97 Å². The van der Waals surface area contributed by atoms with Gasteiger partial charge in [0.2, 0.25) is 0 Å². The molecule has 4 aromatic rings. The second-order valence-electron chi connectivity index (χ2n) is 13.7. The molecule has 0 amide bonds. The third kappa shape index (κ3) is 22.6. The molecule has 2 atom stereocenters. The summed E-state index contributed by atoms with van der Waals surface area (Å²) in [5.74, 6) is -1.57. The number of carboxylic acid groups (broad SMARTS) is 1. The van der Waals surface area contributed by atoms with Crippen molar-refractivity contribution in [2.45, 2.75) is 83.5 Å². The molecule has 290 valence electrons. The fourth-order valence-corrected chi connectivity index (χ4v) is 4.40. The number of rotatable bonds is 9. The van der Waals surface area contributed by atoms with E-state index in [1.54, 1.807) is 48.5 Å². The van der Waals surface area contributed by atoms with Crippen molar-refractivity contribution in [1.29, 1.82) is 0 Å². The number of hydrogen-bond donors (Lipinski definition) is 10. The molecule has 0 saturated heterocycles.